The minimum atomic E-state index is -0.317. The second-order valence-corrected chi connectivity index (χ2v) is 7.31. The van der Waals surface area contributed by atoms with Crippen molar-refractivity contribution in [3.63, 3.8) is 0 Å². The molecule has 2 aromatic rings. The van der Waals surface area contributed by atoms with Crippen LogP contribution in [0.15, 0.2) is 30.5 Å². The molecule has 22 heavy (non-hydrogen) atoms. The fourth-order valence-corrected chi connectivity index (χ4v) is 3.11. The fourth-order valence-electron chi connectivity index (χ4n) is 2.94. The molecular weight excluding hydrogens is 296 g/mol. The van der Waals surface area contributed by atoms with Gasteiger partial charge in [-0.3, -0.25) is 4.79 Å². The third kappa shape index (κ3) is 2.78. The van der Waals surface area contributed by atoms with E-state index in [4.69, 9.17) is 11.6 Å². The zero-order chi connectivity index (χ0) is 15.9. The second-order valence-electron chi connectivity index (χ2n) is 6.87. The van der Waals surface area contributed by atoms with Crippen LogP contribution in [-0.4, -0.2) is 28.9 Å². The molecule has 0 unspecified atom stereocenters. The van der Waals surface area contributed by atoms with Gasteiger partial charge in [0.2, 0.25) is 5.91 Å². The van der Waals surface area contributed by atoms with Gasteiger partial charge >= 0.3 is 0 Å². The number of amides is 1. The molecule has 1 aliphatic rings. The molecule has 3 rings (SSSR count). The maximum Gasteiger partial charge on any atom is 0.228 e. The molecular formula is C18H21ClN2O. The number of H-pyrrole nitrogens is 1. The number of fused-ring (bicyclic) bond motifs is 1. The van der Waals surface area contributed by atoms with E-state index in [2.05, 4.69) is 17.1 Å². The predicted octanol–water partition coefficient (Wildman–Crippen LogP) is 4.48. The summed E-state index contributed by atoms with van der Waals surface area (Å²) in [4.78, 5) is 17.6. The average molecular weight is 317 g/mol. The van der Waals surface area contributed by atoms with Gasteiger partial charge in [-0.2, -0.15) is 0 Å². The van der Waals surface area contributed by atoms with E-state index in [0.717, 1.165) is 23.5 Å². The quantitative estimate of drug-likeness (QED) is 0.827. The highest BCUT2D eigenvalue weighted by atomic mass is 35.5. The Bertz CT molecular complexity index is 752. The first kappa shape index (κ1) is 15.2. The van der Waals surface area contributed by atoms with Crippen LogP contribution in [0.25, 0.3) is 16.5 Å². The topological polar surface area (TPSA) is 36.1 Å². The minimum absolute atomic E-state index is 0.216. The fraction of sp³-hybridized carbons (Fsp3) is 0.389. The summed E-state index contributed by atoms with van der Waals surface area (Å²) in [6.45, 7) is 7.38. The Labute approximate surface area is 136 Å². The smallest absolute Gasteiger partial charge is 0.228 e. The second kappa shape index (κ2) is 5.47. The lowest BCUT2D eigenvalue weighted by Crippen LogP contribution is -2.41. The van der Waals surface area contributed by atoms with Gasteiger partial charge in [-0.05, 0) is 24.1 Å². The van der Waals surface area contributed by atoms with Gasteiger partial charge in [0.15, 0.2) is 0 Å². The number of benzene rings is 1. The number of aromatic amines is 1. The molecule has 2 heterocycles. The molecule has 1 aromatic carbocycles. The molecule has 0 saturated carbocycles. The van der Waals surface area contributed by atoms with Gasteiger partial charge in [-0.15, -0.1) is 0 Å². The van der Waals surface area contributed by atoms with Crippen molar-refractivity contribution >= 4 is 34.0 Å². The lowest BCUT2D eigenvalue weighted by atomic mass is 9.92. The maximum atomic E-state index is 12.3. The van der Waals surface area contributed by atoms with Gasteiger partial charge < -0.3 is 9.88 Å². The van der Waals surface area contributed by atoms with Crippen molar-refractivity contribution in [1.29, 1.82) is 0 Å². The summed E-state index contributed by atoms with van der Waals surface area (Å²) in [5.74, 6) is 0.216. The molecule has 0 aliphatic carbocycles. The molecule has 0 bridgehead atoms. The first-order chi connectivity index (χ1) is 10.4. The number of carbonyl (C=O) groups excluding carboxylic acids is 1. The molecule has 0 atom stereocenters. The summed E-state index contributed by atoms with van der Waals surface area (Å²) in [7, 11) is 0. The lowest BCUT2D eigenvalue weighted by molar-refractivity contribution is -0.138. The predicted molar refractivity (Wildman–Crippen MR) is 91.9 cm³/mol. The number of carbonyl (C=O) groups is 1. The van der Waals surface area contributed by atoms with Gasteiger partial charge in [0.1, 0.15) is 0 Å². The molecule has 0 saturated heterocycles. The van der Waals surface area contributed by atoms with Gasteiger partial charge in [-0.25, -0.2) is 0 Å². The van der Waals surface area contributed by atoms with E-state index in [1.807, 2.05) is 44.0 Å². The maximum absolute atomic E-state index is 12.3. The third-order valence-electron chi connectivity index (χ3n) is 4.13. The molecule has 3 nitrogen and oxygen atoms in total. The highest BCUT2D eigenvalue weighted by Crippen LogP contribution is 2.31. The van der Waals surface area contributed by atoms with Crippen molar-refractivity contribution in [3.8, 4) is 0 Å². The largest absolute Gasteiger partial charge is 0.361 e. The van der Waals surface area contributed by atoms with Gasteiger partial charge in [0.25, 0.3) is 0 Å². The molecule has 1 aliphatic heterocycles. The Morgan fingerprint density at radius 1 is 1.32 bits per heavy atom. The van der Waals surface area contributed by atoms with Crippen LogP contribution < -0.4 is 0 Å². The summed E-state index contributed by atoms with van der Waals surface area (Å²) >= 11 is 6.03. The van der Waals surface area contributed by atoms with Crippen molar-refractivity contribution < 1.29 is 4.79 Å². The number of nitrogens with one attached hydrogen (secondary N) is 1. The van der Waals surface area contributed by atoms with Crippen LogP contribution in [0.4, 0.5) is 0 Å². The molecule has 1 aromatic heterocycles. The van der Waals surface area contributed by atoms with Crippen LogP contribution in [0.5, 0.6) is 0 Å². The van der Waals surface area contributed by atoms with E-state index in [1.165, 1.54) is 16.5 Å². The Morgan fingerprint density at radius 3 is 2.73 bits per heavy atom. The Hall–Kier alpha value is -1.74. The van der Waals surface area contributed by atoms with Crippen LogP contribution in [0, 0.1) is 5.41 Å². The number of rotatable bonds is 1. The zero-order valence-corrected chi connectivity index (χ0v) is 14.0. The van der Waals surface area contributed by atoms with Gasteiger partial charge in [-0.1, -0.05) is 44.5 Å². The van der Waals surface area contributed by atoms with Crippen LogP contribution in [0.1, 0.15) is 32.8 Å². The van der Waals surface area contributed by atoms with E-state index in [-0.39, 0.29) is 11.3 Å². The van der Waals surface area contributed by atoms with Crippen LogP contribution >= 0.6 is 11.6 Å². The van der Waals surface area contributed by atoms with Crippen molar-refractivity contribution in [2.75, 3.05) is 13.1 Å². The number of nitrogens with zero attached hydrogens (tertiary/aromatic N) is 1. The number of hydrogen-bond acceptors (Lipinski definition) is 1. The van der Waals surface area contributed by atoms with E-state index in [9.17, 15) is 4.79 Å². The van der Waals surface area contributed by atoms with E-state index in [1.54, 1.807) is 0 Å². The Balaban J connectivity index is 1.85. The van der Waals surface area contributed by atoms with Crippen LogP contribution in [0.2, 0.25) is 5.02 Å². The number of halogens is 1. The molecule has 0 radical (unpaired) electrons. The highest BCUT2D eigenvalue weighted by molar-refractivity contribution is 6.31. The summed E-state index contributed by atoms with van der Waals surface area (Å²) < 4.78 is 0. The summed E-state index contributed by atoms with van der Waals surface area (Å²) in [5, 5.41) is 1.92. The van der Waals surface area contributed by atoms with Gasteiger partial charge in [0, 0.05) is 46.2 Å². The first-order valence-corrected chi connectivity index (χ1v) is 7.99. The van der Waals surface area contributed by atoms with E-state index >= 15 is 0 Å². The molecule has 0 spiro atoms. The molecule has 1 N–H and O–H groups in total. The van der Waals surface area contributed by atoms with E-state index in [0.29, 0.717) is 6.54 Å². The summed E-state index contributed by atoms with van der Waals surface area (Å²) in [6.07, 6.45) is 5.09. The zero-order valence-electron chi connectivity index (χ0n) is 13.2. The molecule has 4 heteroatoms. The standard InChI is InChI=1S/C18H21ClN2O/c1-18(2,3)17(22)21-8-6-12(7-9-21)15-11-20-16-10-13(19)4-5-14(15)16/h4-6,10-11,20H,7-9H2,1-3H3. The van der Waals surface area contributed by atoms with Crippen molar-refractivity contribution in [2.24, 2.45) is 5.41 Å². The minimum Gasteiger partial charge on any atom is -0.361 e. The number of hydrogen-bond donors (Lipinski definition) is 1. The van der Waals surface area contributed by atoms with Crippen LogP contribution in [0.3, 0.4) is 0 Å². The highest BCUT2D eigenvalue weighted by Gasteiger charge is 2.28. The SMILES string of the molecule is CC(C)(C)C(=O)N1CC=C(c2c[nH]c3cc(Cl)ccc23)CC1. The van der Waals surface area contributed by atoms with Crippen molar-refractivity contribution in [3.05, 3.63) is 41.1 Å². The monoisotopic (exact) mass is 316 g/mol. The average Bonchev–Trinajstić information content (AvgIpc) is 2.88. The van der Waals surface area contributed by atoms with Crippen molar-refractivity contribution in [2.45, 2.75) is 27.2 Å². The van der Waals surface area contributed by atoms with Crippen molar-refractivity contribution in [1.82, 2.24) is 9.88 Å². The molecule has 1 amide bonds. The Morgan fingerprint density at radius 2 is 2.09 bits per heavy atom. The normalized spacial score (nSPS) is 16.0. The third-order valence-corrected chi connectivity index (χ3v) is 4.36. The van der Waals surface area contributed by atoms with Gasteiger partial charge in [0.05, 0.1) is 0 Å². The first-order valence-electron chi connectivity index (χ1n) is 7.62. The summed E-state index contributed by atoms with van der Waals surface area (Å²) in [5.41, 5.74) is 3.25. The molecule has 0 fully saturated rings. The Kier molecular flexibility index (Phi) is 3.77. The van der Waals surface area contributed by atoms with E-state index < -0.39 is 0 Å². The molecule has 116 valence electrons. The summed E-state index contributed by atoms with van der Waals surface area (Å²) in [6, 6.07) is 5.91. The number of aromatic nitrogens is 1. The lowest BCUT2D eigenvalue weighted by Gasteiger charge is -2.32. The van der Waals surface area contributed by atoms with Crippen LogP contribution in [-0.2, 0) is 4.79 Å².